The van der Waals surface area contributed by atoms with Gasteiger partial charge in [0.2, 0.25) is 0 Å². The summed E-state index contributed by atoms with van der Waals surface area (Å²) in [6, 6.07) is 1.13. The Hall–Kier alpha value is -2.63. The van der Waals surface area contributed by atoms with E-state index in [1.807, 2.05) is 6.08 Å². The molecule has 1 aromatic rings. The van der Waals surface area contributed by atoms with E-state index < -0.39 is 11.9 Å². The van der Waals surface area contributed by atoms with E-state index >= 15 is 0 Å². The molecule has 1 aliphatic rings. The van der Waals surface area contributed by atoms with Crippen molar-refractivity contribution in [2.75, 3.05) is 6.54 Å². The molecule has 0 spiro atoms. The molecule has 1 aliphatic carbocycles. The van der Waals surface area contributed by atoms with Crippen LogP contribution in [0, 0.1) is 0 Å². The molecule has 1 aromatic heterocycles. The van der Waals surface area contributed by atoms with Gasteiger partial charge in [0.25, 0.3) is 5.91 Å². The number of rotatable bonds is 4. The molecule has 0 aliphatic heterocycles. The van der Waals surface area contributed by atoms with Crippen molar-refractivity contribution in [2.24, 2.45) is 0 Å². The third-order valence-electron chi connectivity index (χ3n) is 2.74. The van der Waals surface area contributed by atoms with Gasteiger partial charge in [-0.3, -0.25) is 14.4 Å². The third kappa shape index (κ3) is 3.23. The number of hydrogen-bond acceptors (Lipinski definition) is 4. The van der Waals surface area contributed by atoms with E-state index in [2.05, 4.69) is 5.32 Å². The lowest BCUT2D eigenvalue weighted by atomic mass is 10.1. The van der Waals surface area contributed by atoms with Crippen molar-refractivity contribution in [3.63, 3.8) is 0 Å². The lowest BCUT2D eigenvalue weighted by Gasteiger charge is -2.06. The number of hydrogen-bond donors (Lipinski definition) is 2. The molecular formula is C14H13NO5. The minimum Gasteiger partial charge on any atom is -0.481 e. The lowest BCUT2D eigenvalue weighted by Crippen LogP contribution is -2.27. The first kappa shape index (κ1) is 13.8. The van der Waals surface area contributed by atoms with Crippen LogP contribution in [0.4, 0.5) is 0 Å². The molecule has 0 radical (unpaired) electrons. The average molecular weight is 275 g/mol. The Morgan fingerprint density at radius 2 is 2.15 bits per heavy atom. The maximum Gasteiger partial charge on any atom is 0.305 e. The van der Waals surface area contributed by atoms with Crippen LogP contribution in [0.25, 0.3) is 6.08 Å². The van der Waals surface area contributed by atoms with Gasteiger partial charge in [-0.1, -0.05) is 18.2 Å². The van der Waals surface area contributed by atoms with Crippen LogP contribution in [-0.4, -0.2) is 23.5 Å². The van der Waals surface area contributed by atoms with Crippen LogP contribution >= 0.6 is 0 Å². The van der Waals surface area contributed by atoms with Gasteiger partial charge in [0.15, 0.2) is 11.2 Å². The smallest absolute Gasteiger partial charge is 0.305 e. The number of carbonyl (C=O) groups is 2. The highest BCUT2D eigenvalue weighted by atomic mass is 16.4. The van der Waals surface area contributed by atoms with E-state index in [1.165, 1.54) is 0 Å². The van der Waals surface area contributed by atoms with Crippen LogP contribution in [-0.2, 0) is 11.2 Å². The highest BCUT2D eigenvalue weighted by Crippen LogP contribution is 2.14. The Balaban J connectivity index is 2.20. The van der Waals surface area contributed by atoms with Gasteiger partial charge in [0.1, 0.15) is 5.76 Å². The Bertz CT molecular complexity index is 654. The van der Waals surface area contributed by atoms with E-state index in [1.54, 1.807) is 18.2 Å². The van der Waals surface area contributed by atoms with Crippen LogP contribution in [0.5, 0.6) is 0 Å². The monoisotopic (exact) mass is 275 g/mol. The molecule has 6 nitrogen and oxygen atoms in total. The second-order valence-corrected chi connectivity index (χ2v) is 4.21. The standard InChI is InChI=1S/C14H13NO5/c16-10-8-12(14(19)15-7-6-13(17)18)20-11-5-3-1-2-4-9(10)11/h1-3,5,8H,4,6-7H2,(H,15,19)(H,17,18). The molecule has 0 saturated carbocycles. The largest absolute Gasteiger partial charge is 0.481 e. The van der Waals surface area contributed by atoms with Crippen molar-refractivity contribution in [1.82, 2.24) is 5.32 Å². The second-order valence-electron chi connectivity index (χ2n) is 4.21. The summed E-state index contributed by atoms with van der Waals surface area (Å²) >= 11 is 0. The first-order valence-corrected chi connectivity index (χ1v) is 6.08. The van der Waals surface area contributed by atoms with Gasteiger partial charge < -0.3 is 14.8 Å². The number of fused-ring (bicyclic) bond motifs is 1. The number of carbonyl (C=O) groups excluding carboxylic acids is 1. The van der Waals surface area contributed by atoms with E-state index in [0.29, 0.717) is 17.7 Å². The van der Waals surface area contributed by atoms with Crippen LogP contribution < -0.4 is 10.7 Å². The quantitative estimate of drug-likeness (QED) is 0.853. The maximum atomic E-state index is 11.9. The van der Waals surface area contributed by atoms with Gasteiger partial charge in [-0.25, -0.2) is 0 Å². The molecular weight excluding hydrogens is 262 g/mol. The van der Waals surface area contributed by atoms with Crippen molar-refractivity contribution in [2.45, 2.75) is 12.8 Å². The summed E-state index contributed by atoms with van der Waals surface area (Å²) in [5.41, 5.74) is 0.225. The molecule has 0 aromatic carbocycles. The zero-order chi connectivity index (χ0) is 14.5. The van der Waals surface area contributed by atoms with Crippen LogP contribution in [0.3, 0.4) is 0 Å². The number of allylic oxidation sites excluding steroid dienone is 3. The van der Waals surface area contributed by atoms with Crippen LogP contribution in [0.15, 0.2) is 33.5 Å². The fraction of sp³-hybridized carbons (Fsp3) is 0.214. The highest BCUT2D eigenvalue weighted by Gasteiger charge is 2.15. The van der Waals surface area contributed by atoms with Crippen molar-refractivity contribution in [1.29, 1.82) is 0 Å². The summed E-state index contributed by atoms with van der Waals surface area (Å²) in [5.74, 6) is -1.38. The number of amides is 1. The number of carboxylic acid groups (broad SMARTS) is 1. The fourth-order valence-corrected chi connectivity index (χ4v) is 1.76. The molecule has 1 amide bonds. The molecule has 0 unspecified atom stereocenters. The number of nitrogens with one attached hydrogen (secondary N) is 1. The summed E-state index contributed by atoms with van der Waals surface area (Å²) in [4.78, 5) is 34.1. The predicted molar refractivity (Wildman–Crippen MR) is 71.4 cm³/mol. The SMILES string of the molecule is O=C(O)CCNC(=O)c1cc(=O)c2c(o1)C=CC=CC2. The number of carboxylic acids is 1. The Kier molecular flexibility index (Phi) is 4.14. The second kappa shape index (κ2) is 6.01. The first-order chi connectivity index (χ1) is 9.58. The summed E-state index contributed by atoms with van der Waals surface area (Å²) in [6.07, 6.45) is 7.22. The van der Waals surface area contributed by atoms with Gasteiger partial charge >= 0.3 is 5.97 Å². The zero-order valence-electron chi connectivity index (χ0n) is 10.6. The topological polar surface area (TPSA) is 96.6 Å². The van der Waals surface area contributed by atoms with Gasteiger partial charge in [0, 0.05) is 18.2 Å². The molecule has 0 fully saturated rings. The Morgan fingerprint density at radius 1 is 1.35 bits per heavy atom. The van der Waals surface area contributed by atoms with Gasteiger partial charge in [-0.05, 0) is 12.5 Å². The molecule has 1 heterocycles. The maximum absolute atomic E-state index is 11.9. The van der Waals surface area contributed by atoms with E-state index in [4.69, 9.17) is 9.52 Å². The molecule has 0 atom stereocenters. The fourth-order valence-electron chi connectivity index (χ4n) is 1.76. The van der Waals surface area contributed by atoms with Crippen LogP contribution in [0.1, 0.15) is 28.3 Å². The summed E-state index contributed by atoms with van der Waals surface area (Å²) in [7, 11) is 0. The van der Waals surface area contributed by atoms with E-state index in [0.717, 1.165) is 6.07 Å². The van der Waals surface area contributed by atoms with Crippen molar-refractivity contribution in [3.05, 3.63) is 51.6 Å². The van der Waals surface area contributed by atoms with Crippen molar-refractivity contribution in [3.8, 4) is 0 Å². The number of aliphatic carboxylic acids is 1. The minimum atomic E-state index is -1.01. The average Bonchev–Trinajstić information content (AvgIpc) is 2.63. The third-order valence-corrected chi connectivity index (χ3v) is 2.74. The van der Waals surface area contributed by atoms with Gasteiger partial charge in [-0.2, -0.15) is 0 Å². The van der Waals surface area contributed by atoms with Crippen LogP contribution in [0.2, 0.25) is 0 Å². The molecule has 0 saturated heterocycles. The molecule has 2 rings (SSSR count). The van der Waals surface area contributed by atoms with Gasteiger partial charge in [0.05, 0.1) is 6.42 Å². The first-order valence-electron chi connectivity index (χ1n) is 6.08. The normalized spacial score (nSPS) is 12.6. The zero-order valence-corrected chi connectivity index (χ0v) is 10.6. The molecule has 104 valence electrons. The van der Waals surface area contributed by atoms with Crippen molar-refractivity contribution < 1.29 is 19.1 Å². The minimum absolute atomic E-state index is 0.0215. The molecule has 0 bridgehead atoms. The summed E-state index contributed by atoms with van der Waals surface area (Å²) in [6.45, 7) is -0.0215. The molecule has 20 heavy (non-hydrogen) atoms. The van der Waals surface area contributed by atoms with Crippen molar-refractivity contribution >= 4 is 18.0 Å². The lowest BCUT2D eigenvalue weighted by molar-refractivity contribution is -0.136. The summed E-state index contributed by atoms with van der Waals surface area (Å²) in [5, 5.41) is 10.9. The van der Waals surface area contributed by atoms with E-state index in [9.17, 15) is 14.4 Å². The Labute approximate surface area is 114 Å². The Morgan fingerprint density at radius 3 is 2.90 bits per heavy atom. The summed E-state index contributed by atoms with van der Waals surface area (Å²) < 4.78 is 5.39. The van der Waals surface area contributed by atoms with Gasteiger partial charge in [-0.15, -0.1) is 0 Å². The molecule has 2 N–H and O–H groups in total. The molecule has 6 heteroatoms. The van der Waals surface area contributed by atoms with E-state index in [-0.39, 0.29) is 24.2 Å². The predicted octanol–water partition coefficient (Wildman–Crippen LogP) is 0.970. The highest BCUT2D eigenvalue weighted by molar-refractivity contribution is 5.91.